The highest BCUT2D eigenvalue weighted by Crippen LogP contribution is 2.37. The van der Waals surface area contributed by atoms with Crippen LogP contribution in [0.1, 0.15) is 50.1 Å². The van der Waals surface area contributed by atoms with E-state index in [9.17, 15) is 0 Å². The summed E-state index contributed by atoms with van der Waals surface area (Å²) in [5.74, 6) is 1.52. The number of hydrogen-bond donors (Lipinski definition) is 1. The second kappa shape index (κ2) is 5.54. The van der Waals surface area contributed by atoms with Gasteiger partial charge in [0.25, 0.3) is 0 Å². The van der Waals surface area contributed by atoms with Gasteiger partial charge in [0.15, 0.2) is 10.8 Å². The largest absolute Gasteiger partial charge is 0.332 e. The Labute approximate surface area is 130 Å². The monoisotopic (exact) mass is 304 g/mol. The molecule has 0 spiro atoms. The number of nitrogens with one attached hydrogen (secondary N) is 1. The third-order valence-corrected chi connectivity index (χ3v) is 5.09. The van der Waals surface area contributed by atoms with Gasteiger partial charge in [-0.2, -0.15) is 0 Å². The van der Waals surface area contributed by atoms with Crippen molar-refractivity contribution in [1.29, 1.82) is 0 Å². The minimum atomic E-state index is 0.163. The lowest BCUT2D eigenvalue weighted by atomic mass is 9.90. The highest BCUT2D eigenvalue weighted by atomic mass is 32.1. The lowest BCUT2D eigenvalue weighted by Crippen LogP contribution is -2.39. The molecule has 0 aromatic carbocycles. The summed E-state index contributed by atoms with van der Waals surface area (Å²) in [7, 11) is 2.03. The van der Waals surface area contributed by atoms with Gasteiger partial charge in [0.05, 0.1) is 5.69 Å². The van der Waals surface area contributed by atoms with Gasteiger partial charge in [0, 0.05) is 42.3 Å². The topological polar surface area (TPSA) is 42.7 Å². The van der Waals surface area contributed by atoms with Crippen LogP contribution in [0, 0.1) is 0 Å². The molecular formula is C16H24N4S. The molecule has 0 saturated heterocycles. The molecule has 1 aliphatic carbocycles. The van der Waals surface area contributed by atoms with E-state index in [1.54, 1.807) is 0 Å². The van der Waals surface area contributed by atoms with Crippen LogP contribution in [0.3, 0.4) is 0 Å². The van der Waals surface area contributed by atoms with Crippen molar-refractivity contribution in [3.8, 4) is 10.8 Å². The Morgan fingerprint density at radius 3 is 2.90 bits per heavy atom. The van der Waals surface area contributed by atoms with Crippen molar-refractivity contribution in [2.24, 2.45) is 7.05 Å². The minimum absolute atomic E-state index is 0.163. The zero-order valence-corrected chi connectivity index (χ0v) is 14.1. The Kier molecular flexibility index (Phi) is 3.88. The van der Waals surface area contributed by atoms with Gasteiger partial charge in [-0.1, -0.05) is 0 Å². The van der Waals surface area contributed by atoms with Crippen molar-refractivity contribution < 1.29 is 0 Å². The number of fused-ring (bicyclic) bond motifs is 1. The van der Waals surface area contributed by atoms with E-state index in [-0.39, 0.29) is 5.54 Å². The Morgan fingerprint density at radius 1 is 1.43 bits per heavy atom. The predicted molar refractivity (Wildman–Crippen MR) is 87.8 cm³/mol. The summed E-state index contributed by atoms with van der Waals surface area (Å²) in [6.07, 6.45) is 7.50. The summed E-state index contributed by atoms with van der Waals surface area (Å²) in [6, 6.07) is 0. The first-order chi connectivity index (χ1) is 9.94. The Hall–Kier alpha value is -1.20. The van der Waals surface area contributed by atoms with Gasteiger partial charge >= 0.3 is 0 Å². The summed E-state index contributed by atoms with van der Waals surface area (Å²) >= 11 is 1.82. The van der Waals surface area contributed by atoms with Crippen LogP contribution in [0.25, 0.3) is 10.8 Å². The highest BCUT2D eigenvalue weighted by Gasteiger charge is 2.26. The molecule has 2 aromatic rings. The second-order valence-corrected chi connectivity index (χ2v) is 7.99. The van der Waals surface area contributed by atoms with E-state index in [4.69, 9.17) is 4.98 Å². The first-order valence-electron chi connectivity index (χ1n) is 7.66. The van der Waals surface area contributed by atoms with Crippen LogP contribution < -0.4 is 5.32 Å². The molecule has 2 aromatic heterocycles. The molecule has 4 nitrogen and oxygen atoms in total. The number of imidazole rings is 1. The van der Waals surface area contributed by atoms with Crippen LogP contribution >= 0.6 is 11.3 Å². The van der Waals surface area contributed by atoms with Gasteiger partial charge in [-0.3, -0.25) is 0 Å². The lowest BCUT2D eigenvalue weighted by Gasteiger charge is -2.27. The van der Waals surface area contributed by atoms with Crippen LogP contribution in [-0.4, -0.2) is 26.6 Å². The van der Waals surface area contributed by atoms with Gasteiger partial charge in [0.2, 0.25) is 0 Å². The minimum Gasteiger partial charge on any atom is -0.332 e. The summed E-state index contributed by atoms with van der Waals surface area (Å²) < 4.78 is 2.05. The molecule has 0 fully saturated rings. The van der Waals surface area contributed by atoms with Gasteiger partial charge in [0.1, 0.15) is 0 Å². The molecule has 1 unspecified atom stereocenters. The quantitative estimate of drug-likeness (QED) is 0.945. The average molecular weight is 304 g/mol. The van der Waals surface area contributed by atoms with E-state index in [2.05, 4.69) is 31.1 Å². The molecule has 5 heteroatoms. The third kappa shape index (κ3) is 3.19. The Morgan fingerprint density at radius 2 is 2.24 bits per heavy atom. The van der Waals surface area contributed by atoms with Gasteiger partial charge < -0.3 is 9.88 Å². The molecule has 1 aliphatic rings. The predicted octanol–water partition coefficient (Wildman–Crippen LogP) is 3.35. The maximum atomic E-state index is 4.93. The van der Waals surface area contributed by atoms with E-state index in [0.29, 0.717) is 5.92 Å². The van der Waals surface area contributed by atoms with Crippen molar-refractivity contribution in [3.63, 3.8) is 0 Å². The summed E-state index contributed by atoms with van der Waals surface area (Å²) in [6.45, 7) is 7.67. The van der Waals surface area contributed by atoms with Crippen LogP contribution in [0.4, 0.5) is 0 Å². The van der Waals surface area contributed by atoms with Crippen molar-refractivity contribution in [1.82, 2.24) is 19.9 Å². The van der Waals surface area contributed by atoms with Crippen LogP contribution in [-0.2, 0) is 13.5 Å². The summed E-state index contributed by atoms with van der Waals surface area (Å²) in [5, 5.41) is 4.70. The molecule has 0 saturated carbocycles. The van der Waals surface area contributed by atoms with Gasteiger partial charge in [-0.05, 0) is 40.0 Å². The fraction of sp³-hybridized carbons (Fsp3) is 0.625. The number of rotatable bonds is 3. The van der Waals surface area contributed by atoms with Crippen LogP contribution in [0.5, 0.6) is 0 Å². The zero-order chi connectivity index (χ0) is 15.0. The molecule has 0 amide bonds. The highest BCUT2D eigenvalue weighted by molar-refractivity contribution is 7.15. The number of thiazole rings is 1. The lowest BCUT2D eigenvalue weighted by molar-refractivity contribution is 0.388. The van der Waals surface area contributed by atoms with E-state index in [1.165, 1.54) is 29.8 Å². The molecule has 1 atom stereocenters. The Bertz CT molecular complexity index is 621. The molecule has 0 bridgehead atoms. The molecule has 3 rings (SSSR count). The normalized spacial score (nSPS) is 18.8. The maximum absolute atomic E-state index is 4.93. The fourth-order valence-electron chi connectivity index (χ4n) is 2.80. The van der Waals surface area contributed by atoms with E-state index < -0.39 is 0 Å². The van der Waals surface area contributed by atoms with Crippen molar-refractivity contribution >= 4 is 11.3 Å². The van der Waals surface area contributed by atoms with Crippen molar-refractivity contribution in [2.75, 3.05) is 6.54 Å². The Balaban J connectivity index is 1.85. The molecule has 21 heavy (non-hydrogen) atoms. The molecule has 0 aliphatic heterocycles. The summed E-state index contributed by atoms with van der Waals surface area (Å²) in [5.41, 5.74) is 1.47. The molecule has 2 heterocycles. The first kappa shape index (κ1) is 14.7. The maximum Gasteiger partial charge on any atom is 0.168 e. The van der Waals surface area contributed by atoms with Crippen molar-refractivity contribution in [2.45, 2.75) is 51.5 Å². The third-order valence-electron chi connectivity index (χ3n) is 3.96. The zero-order valence-electron chi connectivity index (χ0n) is 13.3. The number of aromatic nitrogens is 3. The van der Waals surface area contributed by atoms with Gasteiger partial charge in [-0.25, -0.2) is 9.97 Å². The molecule has 114 valence electrons. The van der Waals surface area contributed by atoms with Gasteiger partial charge in [-0.15, -0.1) is 11.3 Å². The van der Waals surface area contributed by atoms with Crippen LogP contribution in [0.15, 0.2) is 12.4 Å². The standard InChI is InChI=1S/C16H24N4S/c1-16(2,3)18-10-11-6-5-7-12-13(11)19-15(21-12)14-17-8-9-20(14)4/h8-9,11,18H,5-7,10H2,1-4H3. The van der Waals surface area contributed by atoms with E-state index in [0.717, 1.165) is 17.4 Å². The molecular weight excluding hydrogens is 280 g/mol. The first-order valence-corrected chi connectivity index (χ1v) is 8.48. The molecule has 0 radical (unpaired) electrons. The number of hydrogen-bond acceptors (Lipinski definition) is 4. The van der Waals surface area contributed by atoms with Crippen molar-refractivity contribution in [3.05, 3.63) is 23.0 Å². The van der Waals surface area contributed by atoms with E-state index in [1.807, 2.05) is 35.3 Å². The smallest absolute Gasteiger partial charge is 0.168 e. The van der Waals surface area contributed by atoms with Crippen LogP contribution in [0.2, 0.25) is 0 Å². The van der Waals surface area contributed by atoms with E-state index >= 15 is 0 Å². The number of aryl methyl sites for hydroxylation is 2. The average Bonchev–Trinajstić information content (AvgIpc) is 3.00. The molecule has 1 N–H and O–H groups in total. The number of nitrogens with zero attached hydrogens (tertiary/aromatic N) is 3. The SMILES string of the molecule is Cn1ccnc1-c1nc2c(s1)CCCC2CNC(C)(C)C. The second-order valence-electron chi connectivity index (χ2n) is 6.91. The fourth-order valence-corrected chi connectivity index (χ4v) is 4.03. The summed E-state index contributed by atoms with van der Waals surface area (Å²) in [4.78, 5) is 10.8.